The molecule has 20 heavy (non-hydrogen) atoms. The molecule has 0 aliphatic carbocycles. The Bertz CT molecular complexity index is 644. The van der Waals surface area contributed by atoms with Crippen molar-refractivity contribution in [1.82, 2.24) is 0 Å². The molecule has 104 valence electrons. The molecule has 0 saturated heterocycles. The number of hydrogen-bond donors (Lipinski definition) is 1. The molecule has 0 saturated carbocycles. The van der Waals surface area contributed by atoms with E-state index in [9.17, 15) is 14.5 Å². The summed E-state index contributed by atoms with van der Waals surface area (Å²) in [6, 6.07) is 9.49. The monoisotopic (exact) mass is 276 g/mol. The molecule has 2 aromatic rings. The number of nitro benzene ring substituents is 1. The van der Waals surface area contributed by atoms with Crippen LogP contribution >= 0.6 is 0 Å². The van der Waals surface area contributed by atoms with Gasteiger partial charge in [0.15, 0.2) is 0 Å². The van der Waals surface area contributed by atoms with Gasteiger partial charge in [0.05, 0.1) is 11.0 Å². The number of nitrogens with zero attached hydrogens (tertiary/aromatic N) is 1. The number of halogens is 1. The zero-order valence-corrected chi connectivity index (χ0v) is 10.7. The number of non-ortho nitro benzene ring substituents is 1. The molecule has 0 radical (unpaired) electrons. The van der Waals surface area contributed by atoms with Gasteiger partial charge in [-0.05, 0) is 25.1 Å². The summed E-state index contributed by atoms with van der Waals surface area (Å²) in [5, 5.41) is 10.7. The lowest BCUT2D eigenvalue weighted by Gasteiger charge is -2.14. The van der Waals surface area contributed by atoms with Crippen LogP contribution in [0.2, 0.25) is 0 Å². The molecular weight excluding hydrogens is 263 g/mol. The van der Waals surface area contributed by atoms with Gasteiger partial charge < -0.3 is 10.5 Å². The van der Waals surface area contributed by atoms with Crippen molar-refractivity contribution in [1.29, 1.82) is 0 Å². The van der Waals surface area contributed by atoms with E-state index >= 15 is 0 Å². The molecule has 1 atom stereocenters. The molecule has 0 amide bonds. The first-order valence-corrected chi connectivity index (χ1v) is 5.95. The zero-order chi connectivity index (χ0) is 14.7. The molecule has 6 heteroatoms. The first-order valence-electron chi connectivity index (χ1n) is 5.95. The second-order valence-electron chi connectivity index (χ2n) is 4.30. The van der Waals surface area contributed by atoms with Gasteiger partial charge in [-0.3, -0.25) is 10.1 Å². The van der Waals surface area contributed by atoms with Crippen molar-refractivity contribution in [3.63, 3.8) is 0 Å². The van der Waals surface area contributed by atoms with Crippen LogP contribution in [0.5, 0.6) is 11.5 Å². The highest BCUT2D eigenvalue weighted by Gasteiger charge is 2.15. The molecular formula is C14H13FN2O3. The normalized spacial score (nSPS) is 11.9. The molecule has 2 N–H and O–H groups in total. The van der Waals surface area contributed by atoms with Crippen LogP contribution in [0, 0.1) is 15.9 Å². The number of hydrogen-bond acceptors (Lipinski definition) is 4. The molecule has 0 aliphatic rings. The zero-order valence-electron chi connectivity index (χ0n) is 10.7. The summed E-state index contributed by atoms with van der Waals surface area (Å²) in [7, 11) is 0. The first-order chi connectivity index (χ1) is 9.49. The molecule has 0 aliphatic heterocycles. The van der Waals surface area contributed by atoms with Gasteiger partial charge in [0.25, 0.3) is 5.69 Å². The highest BCUT2D eigenvalue weighted by molar-refractivity contribution is 5.43. The SMILES string of the molecule is CC(N)c1c(F)cccc1Oc1cccc([N+](=O)[O-])c1. The topological polar surface area (TPSA) is 78.4 Å². The predicted octanol–water partition coefficient (Wildman–Crippen LogP) is 3.55. The van der Waals surface area contributed by atoms with Gasteiger partial charge >= 0.3 is 0 Å². The van der Waals surface area contributed by atoms with E-state index in [4.69, 9.17) is 10.5 Å². The average Bonchev–Trinajstić information content (AvgIpc) is 2.38. The van der Waals surface area contributed by atoms with Gasteiger partial charge in [-0.1, -0.05) is 12.1 Å². The van der Waals surface area contributed by atoms with Crippen molar-refractivity contribution >= 4 is 5.69 Å². The molecule has 2 aromatic carbocycles. The minimum atomic E-state index is -0.551. The third kappa shape index (κ3) is 2.92. The maximum atomic E-state index is 13.7. The van der Waals surface area contributed by atoms with E-state index in [1.54, 1.807) is 19.1 Å². The molecule has 0 fully saturated rings. The predicted molar refractivity (Wildman–Crippen MR) is 72.2 cm³/mol. The van der Waals surface area contributed by atoms with Gasteiger partial charge in [0, 0.05) is 17.7 Å². The summed E-state index contributed by atoms with van der Waals surface area (Å²) in [5.41, 5.74) is 5.86. The summed E-state index contributed by atoms with van der Waals surface area (Å²) in [4.78, 5) is 10.2. The number of nitrogens with two attached hydrogens (primary N) is 1. The Kier molecular flexibility index (Phi) is 3.95. The smallest absolute Gasteiger partial charge is 0.273 e. The second kappa shape index (κ2) is 5.66. The Morgan fingerprint density at radius 3 is 2.65 bits per heavy atom. The Balaban J connectivity index is 2.37. The lowest BCUT2D eigenvalue weighted by Crippen LogP contribution is -2.09. The van der Waals surface area contributed by atoms with E-state index < -0.39 is 16.8 Å². The van der Waals surface area contributed by atoms with Crippen LogP contribution < -0.4 is 10.5 Å². The number of nitro groups is 1. The van der Waals surface area contributed by atoms with Crippen LogP contribution in [0.25, 0.3) is 0 Å². The van der Waals surface area contributed by atoms with Crippen molar-refractivity contribution in [2.75, 3.05) is 0 Å². The fourth-order valence-electron chi connectivity index (χ4n) is 1.84. The van der Waals surface area contributed by atoms with E-state index in [-0.39, 0.29) is 22.7 Å². The van der Waals surface area contributed by atoms with Crippen LogP contribution in [0.3, 0.4) is 0 Å². The molecule has 1 unspecified atom stereocenters. The standard InChI is InChI=1S/C14H13FN2O3/c1-9(16)14-12(15)6-3-7-13(14)20-11-5-2-4-10(8-11)17(18)19/h2-9H,16H2,1H3. The van der Waals surface area contributed by atoms with Crippen LogP contribution in [-0.4, -0.2) is 4.92 Å². The molecule has 0 bridgehead atoms. The van der Waals surface area contributed by atoms with Gasteiger partial charge in [0.1, 0.15) is 17.3 Å². The van der Waals surface area contributed by atoms with Crippen molar-refractivity contribution in [2.45, 2.75) is 13.0 Å². The van der Waals surface area contributed by atoms with Crippen molar-refractivity contribution in [3.05, 3.63) is 64.0 Å². The van der Waals surface area contributed by atoms with E-state index in [0.717, 1.165) is 0 Å². The number of rotatable bonds is 4. The summed E-state index contributed by atoms with van der Waals surface area (Å²) in [6.07, 6.45) is 0. The first kappa shape index (κ1) is 14.0. The molecule has 0 spiro atoms. The highest BCUT2D eigenvalue weighted by atomic mass is 19.1. The fourth-order valence-corrected chi connectivity index (χ4v) is 1.84. The van der Waals surface area contributed by atoms with Crippen LogP contribution in [0.15, 0.2) is 42.5 Å². The quantitative estimate of drug-likeness (QED) is 0.684. The summed E-state index contributed by atoms with van der Waals surface area (Å²) < 4.78 is 19.3. The van der Waals surface area contributed by atoms with Crippen LogP contribution in [0.1, 0.15) is 18.5 Å². The van der Waals surface area contributed by atoms with E-state index in [1.807, 2.05) is 0 Å². The summed E-state index contributed by atoms with van der Waals surface area (Å²) in [6.45, 7) is 1.64. The Hall–Kier alpha value is -2.47. The van der Waals surface area contributed by atoms with Crippen molar-refractivity contribution in [3.8, 4) is 11.5 Å². The lowest BCUT2D eigenvalue weighted by atomic mass is 10.1. The van der Waals surface area contributed by atoms with Gasteiger partial charge in [-0.15, -0.1) is 0 Å². The maximum Gasteiger partial charge on any atom is 0.273 e. The summed E-state index contributed by atoms with van der Waals surface area (Å²) in [5.74, 6) is 0.0372. The molecule has 5 nitrogen and oxygen atoms in total. The minimum absolute atomic E-state index is 0.0961. The third-order valence-corrected chi connectivity index (χ3v) is 2.72. The van der Waals surface area contributed by atoms with E-state index in [1.165, 1.54) is 30.3 Å². The minimum Gasteiger partial charge on any atom is -0.457 e. The van der Waals surface area contributed by atoms with E-state index in [0.29, 0.717) is 0 Å². The van der Waals surface area contributed by atoms with E-state index in [2.05, 4.69) is 0 Å². The maximum absolute atomic E-state index is 13.7. The van der Waals surface area contributed by atoms with Gasteiger partial charge in [-0.2, -0.15) is 0 Å². The molecule has 0 heterocycles. The average molecular weight is 276 g/mol. The fraction of sp³-hybridized carbons (Fsp3) is 0.143. The van der Waals surface area contributed by atoms with Crippen LogP contribution in [0.4, 0.5) is 10.1 Å². The second-order valence-corrected chi connectivity index (χ2v) is 4.30. The Labute approximate surface area is 114 Å². The van der Waals surface area contributed by atoms with Crippen molar-refractivity contribution < 1.29 is 14.1 Å². The number of ether oxygens (including phenoxy) is 1. The lowest BCUT2D eigenvalue weighted by molar-refractivity contribution is -0.384. The Morgan fingerprint density at radius 1 is 1.30 bits per heavy atom. The summed E-state index contributed by atoms with van der Waals surface area (Å²) >= 11 is 0. The van der Waals surface area contributed by atoms with Gasteiger partial charge in [-0.25, -0.2) is 4.39 Å². The third-order valence-electron chi connectivity index (χ3n) is 2.72. The Morgan fingerprint density at radius 2 is 2.00 bits per heavy atom. The molecule has 0 aromatic heterocycles. The van der Waals surface area contributed by atoms with Crippen molar-refractivity contribution in [2.24, 2.45) is 5.73 Å². The number of benzene rings is 2. The highest BCUT2D eigenvalue weighted by Crippen LogP contribution is 2.31. The van der Waals surface area contributed by atoms with Crippen LogP contribution in [-0.2, 0) is 0 Å². The molecule has 2 rings (SSSR count). The largest absolute Gasteiger partial charge is 0.457 e. The van der Waals surface area contributed by atoms with Gasteiger partial charge in [0.2, 0.25) is 0 Å².